The van der Waals surface area contributed by atoms with Crippen LogP contribution in [0.2, 0.25) is 0 Å². The highest BCUT2D eigenvalue weighted by Crippen LogP contribution is 2.31. The predicted molar refractivity (Wildman–Crippen MR) is 76.2 cm³/mol. The van der Waals surface area contributed by atoms with E-state index >= 15 is 0 Å². The standard InChI is InChI=1S/C13H10F3N3O3S/c1-22-10-3-2-8(6-9(10)19(20)21)7-23-12-17-5-4-11(18-12)13(14,15)16/h2-6H,7H2,1H3. The zero-order chi connectivity index (χ0) is 17.0. The number of nitrogens with zero attached hydrogens (tertiary/aromatic N) is 3. The molecule has 0 unspecified atom stereocenters. The number of aromatic nitrogens is 2. The molecular formula is C13H10F3N3O3S. The van der Waals surface area contributed by atoms with Crippen molar-refractivity contribution in [3.63, 3.8) is 0 Å². The first-order valence-electron chi connectivity index (χ1n) is 6.15. The molecule has 0 bridgehead atoms. The van der Waals surface area contributed by atoms with E-state index in [1.165, 1.54) is 19.2 Å². The number of rotatable bonds is 5. The van der Waals surface area contributed by atoms with E-state index in [2.05, 4.69) is 9.97 Å². The van der Waals surface area contributed by atoms with Gasteiger partial charge in [0.15, 0.2) is 10.9 Å². The summed E-state index contributed by atoms with van der Waals surface area (Å²) in [6, 6.07) is 5.11. The topological polar surface area (TPSA) is 78.2 Å². The molecule has 0 fully saturated rings. The van der Waals surface area contributed by atoms with E-state index < -0.39 is 16.8 Å². The fraction of sp³-hybridized carbons (Fsp3) is 0.231. The highest BCUT2D eigenvalue weighted by atomic mass is 32.2. The Morgan fingerprint density at radius 2 is 2.09 bits per heavy atom. The molecule has 0 atom stereocenters. The molecule has 0 aliphatic heterocycles. The van der Waals surface area contributed by atoms with Crippen LogP contribution in [0.4, 0.5) is 18.9 Å². The third-order valence-corrected chi connectivity index (χ3v) is 3.66. The van der Waals surface area contributed by atoms with Gasteiger partial charge in [-0.3, -0.25) is 10.1 Å². The average Bonchev–Trinajstić information content (AvgIpc) is 2.52. The molecule has 0 aliphatic carbocycles. The van der Waals surface area contributed by atoms with E-state index in [-0.39, 0.29) is 22.3 Å². The second-order valence-electron chi connectivity index (χ2n) is 4.27. The molecule has 122 valence electrons. The largest absolute Gasteiger partial charge is 0.490 e. The molecule has 23 heavy (non-hydrogen) atoms. The number of alkyl halides is 3. The van der Waals surface area contributed by atoms with E-state index in [1.54, 1.807) is 6.07 Å². The SMILES string of the molecule is COc1ccc(CSc2nccc(C(F)(F)F)n2)cc1[N+](=O)[O-]. The summed E-state index contributed by atoms with van der Waals surface area (Å²) in [7, 11) is 1.31. The molecule has 2 aromatic rings. The highest BCUT2D eigenvalue weighted by Gasteiger charge is 2.32. The summed E-state index contributed by atoms with van der Waals surface area (Å²) in [5.74, 6) is 0.297. The fourth-order valence-electron chi connectivity index (χ4n) is 1.68. The number of hydrogen-bond acceptors (Lipinski definition) is 6. The number of nitro benzene ring substituents is 1. The highest BCUT2D eigenvalue weighted by molar-refractivity contribution is 7.98. The maximum absolute atomic E-state index is 12.6. The Hall–Kier alpha value is -2.36. The maximum Gasteiger partial charge on any atom is 0.433 e. The minimum atomic E-state index is -4.54. The molecule has 0 amide bonds. The number of thioether (sulfide) groups is 1. The molecule has 0 saturated heterocycles. The minimum Gasteiger partial charge on any atom is -0.490 e. The maximum atomic E-state index is 12.6. The molecule has 0 N–H and O–H groups in total. The van der Waals surface area contributed by atoms with Crippen LogP contribution in [-0.2, 0) is 11.9 Å². The van der Waals surface area contributed by atoms with Crippen molar-refractivity contribution >= 4 is 17.4 Å². The Morgan fingerprint density at radius 1 is 1.35 bits per heavy atom. The van der Waals surface area contributed by atoms with Crippen LogP contribution in [0, 0.1) is 10.1 Å². The first-order valence-corrected chi connectivity index (χ1v) is 7.14. The van der Waals surface area contributed by atoms with Crippen molar-refractivity contribution in [2.45, 2.75) is 17.1 Å². The van der Waals surface area contributed by atoms with Crippen molar-refractivity contribution in [1.82, 2.24) is 9.97 Å². The second kappa shape index (κ2) is 6.82. The Balaban J connectivity index is 2.15. The minimum absolute atomic E-state index is 0.0571. The molecule has 0 spiro atoms. The Labute approximate surface area is 132 Å². The van der Waals surface area contributed by atoms with Crippen LogP contribution in [-0.4, -0.2) is 22.0 Å². The lowest BCUT2D eigenvalue weighted by molar-refractivity contribution is -0.385. The van der Waals surface area contributed by atoms with E-state index in [1.807, 2.05) is 0 Å². The zero-order valence-corrected chi connectivity index (χ0v) is 12.5. The van der Waals surface area contributed by atoms with E-state index in [0.717, 1.165) is 24.0 Å². The first-order chi connectivity index (χ1) is 10.8. The number of benzene rings is 1. The fourth-order valence-corrected chi connectivity index (χ4v) is 2.46. The van der Waals surface area contributed by atoms with Gasteiger partial charge in [-0.05, 0) is 17.7 Å². The van der Waals surface area contributed by atoms with Crippen LogP contribution in [0.25, 0.3) is 0 Å². The average molecular weight is 345 g/mol. The lowest BCUT2D eigenvalue weighted by atomic mass is 10.2. The van der Waals surface area contributed by atoms with Gasteiger partial charge in [-0.1, -0.05) is 17.8 Å². The third-order valence-electron chi connectivity index (χ3n) is 2.73. The summed E-state index contributed by atoms with van der Waals surface area (Å²) >= 11 is 0.952. The van der Waals surface area contributed by atoms with Gasteiger partial charge in [-0.2, -0.15) is 13.2 Å². The van der Waals surface area contributed by atoms with Crippen LogP contribution in [0.3, 0.4) is 0 Å². The Bertz CT molecular complexity index is 725. The summed E-state index contributed by atoms with van der Waals surface area (Å²) in [6.45, 7) is 0. The van der Waals surface area contributed by atoms with Gasteiger partial charge >= 0.3 is 11.9 Å². The zero-order valence-electron chi connectivity index (χ0n) is 11.7. The predicted octanol–water partition coefficient (Wildman–Crippen LogP) is 3.70. The summed E-state index contributed by atoms with van der Waals surface area (Å²) in [6.07, 6.45) is -3.52. The summed E-state index contributed by atoms with van der Waals surface area (Å²) in [5, 5.41) is 10.9. The smallest absolute Gasteiger partial charge is 0.433 e. The number of ether oxygens (including phenoxy) is 1. The van der Waals surface area contributed by atoms with E-state index in [9.17, 15) is 23.3 Å². The van der Waals surface area contributed by atoms with Crippen LogP contribution in [0.5, 0.6) is 5.75 Å². The molecule has 0 saturated carbocycles. The van der Waals surface area contributed by atoms with Crippen molar-refractivity contribution in [2.75, 3.05) is 7.11 Å². The summed E-state index contributed by atoms with van der Waals surface area (Å²) < 4.78 is 42.6. The Kier molecular flexibility index (Phi) is 5.04. The van der Waals surface area contributed by atoms with Gasteiger partial charge in [0.05, 0.1) is 12.0 Å². The molecule has 10 heteroatoms. The Morgan fingerprint density at radius 3 is 2.70 bits per heavy atom. The van der Waals surface area contributed by atoms with Gasteiger partial charge in [-0.15, -0.1) is 0 Å². The molecule has 1 heterocycles. The lowest BCUT2D eigenvalue weighted by Gasteiger charge is -2.07. The van der Waals surface area contributed by atoms with Crippen LogP contribution in [0.15, 0.2) is 35.6 Å². The van der Waals surface area contributed by atoms with Crippen LogP contribution < -0.4 is 4.74 Å². The molecule has 6 nitrogen and oxygen atoms in total. The van der Waals surface area contributed by atoms with Crippen molar-refractivity contribution in [3.8, 4) is 5.75 Å². The van der Waals surface area contributed by atoms with Crippen LogP contribution in [0.1, 0.15) is 11.3 Å². The van der Waals surface area contributed by atoms with Crippen molar-refractivity contribution < 1.29 is 22.8 Å². The third kappa shape index (κ3) is 4.31. The lowest BCUT2D eigenvalue weighted by Crippen LogP contribution is -2.08. The van der Waals surface area contributed by atoms with Crippen molar-refractivity contribution in [2.24, 2.45) is 0 Å². The van der Waals surface area contributed by atoms with E-state index in [4.69, 9.17) is 4.74 Å². The van der Waals surface area contributed by atoms with Gasteiger partial charge in [0.25, 0.3) is 0 Å². The quantitative estimate of drug-likeness (QED) is 0.356. The van der Waals surface area contributed by atoms with Crippen molar-refractivity contribution in [1.29, 1.82) is 0 Å². The number of halogens is 3. The van der Waals surface area contributed by atoms with Crippen molar-refractivity contribution in [3.05, 3.63) is 51.8 Å². The second-order valence-corrected chi connectivity index (χ2v) is 5.22. The molecule has 1 aromatic heterocycles. The van der Waals surface area contributed by atoms with Gasteiger partial charge in [0.1, 0.15) is 5.69 Å². The number of hydrogen-bond donors (Lipinski definition) is 0. The van der Waals surface area contributed by atoms with Gasteiger partial charge < -0.3 is 4.74 Å². The monoisotopic (exact) mass is 345 g/mol. The molecule has 2 rings (SSSR count). The summed E-state index contributed by atoms with van der Waals surface area (Å²) in [4.78, 5) is 17.5. The van der Waals surface area contributed by atoms with E-state index in [0.29, 0.717) is 5.56 Å². The first kappa shape index (κ1) is 17.0. The summed E-state index contributed by atoms with van der Waals surface area (Å²) in [5.41, 5.74) is -0.699. The number of nitro groups is 1. The molecule has 0 aliphatic rings. The van der Waals surface area contributed by atoms with Crippen LogP contribution >= 0.6 is 11.8 Å². The van der Waals surface area contributed by atoms with Gasteiger partial charge in [0.2, 0.25) is 0 Å². The number of methoxy groups -OCH3 is 1. The molecular weight excluding hydrogens is 335 g/mol. The normalized spacial score (nSPS) is 11.3. The van der Waals surface area contributed by atoms with Gasteiger partial charge in [-0.25, -0.2) is 9.97 Å². The molecule has 1 aromatic carbocycles. The molecule has 0 radical (unpaired) electrons. The van der Waals surface area contributed by atoms with Gasteiger partial charge in [0, 0.05) is 18.0 Å².